The molecule has 1 aliphatic carbocycles. The Morgan fingerprint density at radius 1 is 1.50 bits per heavy atom. The van der Waals surface area contributed by atoms with Gasteiger partial charge in [-0.05, 0) is 25.7 Å². The fourth-order valence-electron chi connectivity index (χ4n) is 2.83. The average Bonchev–Trinajstić information content (AvgIpc) is 2.90. The van der Waals surface area contributed by atoms with Gasteiger partial charge in [0.15, 0.2) is 0 Å². The highest BCUT2D eigenvalue weighted by Gasteiger charge is 2.26. The van der Waals surface area contributed by atoms with E-state index in [4.69, 9.17) is 4.74 Å². The van der Waals surface area contributed by atoms with Crippen LogP contribution in [-0.4, -0.2) is 29.0 Å². The number of ether oxygens (including phenoxy) is 1. The van der Waals surface area contributed by atoms with Crippen LogP contribution in [0.2, 0.25) is 0 Å². The summed E-state index contributed by atoms with van der Waals surface area (Å²) in [6.07, 6.45) is 6.84. The number of hydrogen-bond donors (Lipinski definition) is 1. The van der Waals surface area contributed by atoms with Crippen molar-refractivity contribution in [1.82, 2.24) is 15.1 Å². The highest BCUT2D eigenvalue weighted by molar-refractivity contribution is 5.24. The Hall–Kier alpha value is -0.870. The number of nitrogens with zero attached hydrogens (tertiary/aromatic N) is 2. The zero-order valence-corrected chi connectivity index (χ0v) is 9.78. The minimum atomic E-state index is 0.490. The lowest BCUT2D eigenvalue weighted by atomic mass is 9.92. The normalized spacial score (nSPS) is 29.3. The number of hydrogen-bond acceptors (Lipinski definition) is 3. The first-order valence-electron chi connectivity index (χ1n) is 6.19. The molecule has 2 unspecified atom stereocenters. The maximum atomic E-state index is 5.41. The predicted molar refractivity (Wildman–Crippen MR) is 61.2 cm³/mol. The molecule has 0 amide bonds. The zero-order chi connectivity index (χ0) is 11.0. The van der Waals surface area contributed by atoms with Crippen molar-refractivity contribution in [2.45, 2.75) is 37.8 Å². The Balaban J connectivity index is 1.76. The molecule has 3 rings (SSSR count). The van der Waals surface area contributed by atoms with Crippen LogP contribution in [0.5, 0.6) is 0 Å². The van der Waals surface area contributed by atoms with E-state index in [1.165, 1.54) is 30.5 Å². The number of aromatic nitrogens is 2. The summed E-state index contributed by atoms with van der Waals surface area (Å²) in [5.41, 5.74) is 2.81. The minimum absolute atomic E-state index is 0.490. The first-order chi connectivity index (χ1) is 7.84. The van der Waals surface area contributed by atoms with Crippen molar-refractivity contribution in [3.05, 3.63) is 17.5 Å². The van der Waals surface area contributed by atoms with Gasteiger partial charge in [0.1, 0.15) is 0 Å². The van der Waals surface area contributed by atoms with Crippen LogP contribution in [0.3, 0.4) is 0 Å². The number of nitrogens with one attached hydrogen (secondary N) is 1. The van der Waals surface area contributed by atoms with Crippen molar-refractivity contribution in [3.8, 4) is 0 Å². The summed E-state index contributed by atoms with van der Waals surface area (Å²) in [6, 6.07) is 1.03. The minimum Gasteiger partial charge on any atom is -0.380 e. The largest absolute Gasteiger partial charge is 0.380 e. The Bertz CT molecular complexity index is 368. The molecule has 88 valence electrons. The monoisotopic (exact) mass is 221 g/mol. The van der Waals surface area contributed by atoms with E-state index < -0.39 is 0 Å². The lowest BCUT2D eigenvalue weighted by molar-refractivity contribution is 0.187. The first-order valence-corrected chi connectivity index (χ1v) is 6.19. The molecule has 1 fully saturated rings. The van der Waals surface area contributed by atoms with Gasteiger partial charge in [-0.2, -0.15) is 5.10 Å². The molecule has 1 aromatic heterocycles. The maximum absolute atomic E-state index is 5.41. The van der Waals surface area contributed by atoms with Gasteiger partial charge in [0.2, 0.25) is 0 Å². The Kier molecular flexibility index (Phi) is 2.69. The van der Waals surface area contributed by atoms with E-state index in [-0.39, 0.29) is 0 Å². The molecule has 1 N–H and O–H groups in total. The third kappa shape index (κ3) is 1.76. The van der Waals surface area contributed by atoms with Crippen LogP contribution >= 0.6 is 0 Å². The molecule has 2 heterocycles. The lowest BCUT2D eigenvalue weighted by Gasteiger charge is -2.26. The molecule has 1 aliphatic heterocycles. The van der Waals surface area contributed by atoms with Crippen LogP contribution in [0.25, 0.3) is 0 Å². The Labute approximate surface area is 96.0 Å². The van der Waals surface area contributed by atoms with Gasteiger partial charge in [0.25, 0.3) is 0 Å². The maximum Gasteiger partial charge on any atom is 0.0620 e. The van der Waals surface area contributed by atoms with E-state index in [1.807, 2.05) is 17.9 Å². The van der Waals surface area contributed by atoms with Crippen LogP contribution in [0.4, 0.5) is 0 Å². The number of aryl methyl sites for hydroxylation is 1. The second kappa shape index (κ2) is 4.18. The van der Waals surface area contributed by atoms with E-state index in [9.17, 15) is 0 Å². The molecule has 0 spiro atoms. The van der Waals surface area contributed by atoms with Gasteiger partial charge in [-0.3, -0.25) is 4.68 Å². The van der Waals surface area contributed by atoms with Gasteiger partial charge in [-0.25, -0.2) is 0 Å². The molecule has 1 aromatic rings. The highest BCUT2D eigenvalue weighted by Crippen LogP contribution is 2.30. The van der Waals surface area contributed by atoms with Gasteiger partial charge in [0, 0.05) is 37.0 Å². The first kappa shape index (κ1) is 10.3. The van der Waals surface area contributed by atoms with Crippen LogP contribution in [-0.2, 0) is 18.2 Å². The molecule has 4 heteroatoms. The van der Waals surface area contributed by atoms with Crippen molar-refractivity contribution in [1.29, 1.82) is 0 Å². The molecule has 0 radical (unpaired) electrons. The van der Waals surface area contributed by atoms with Crippen molar-refractivity contribution in [2.75, 3.05) is 13.2 Å². The van der Waals surface area contributed by atoms with Gasteiger partial charge in [-0.1, -0.05) is 0 Å². The zero-order valence-electron chi connectivity index (χ0n) is 9.78. The van der Waals surface area contributed by atoms with Crippen LogP contribution in [0.15, 0.2) is 6.20 Å². The summed E-state index contributed by atoms with van der Waals surface area (Å²) in [6.45, 7) is 1.77. The fourth-order valence-corrected chi connectivity index (χ4v) is 2.83. The van der Waals surface area contributed by atoms with Crippen molar-refractivity contribution in [3.63, 3.8) is 0 Å². The van der Waals surface area contributed by atoms with Crippen LogP contribution in [0, 0.1) is 0 Å². The van der Waals surface area contributed by atoms with Crippen LogP contribution < -0.4 is 5.32 Å². The van der Waals surface area contributed by atoms with Crippen LogP contribution in [0.1, 0.15) is 36.6 Å². The summed E-state index contributed by atoms with van der Waals surface area (Å²) < 4.78 is 7.43. The van der Waals surface area contributed by atoms with Crippen molar-refractivity contribution < 1.29 is 4.74 Å². The third-order valence-corrected chi connectivity index (χ3v) is 3.74. The third-order valence-electron chi connectivity index (χ3n) is 3.74. The predicted octanol–water partition coefficient (Wildman–Crippen LogP) is 1.18. The van der Waals surface area contributed by atoms with Crippen molar-refractivity contribution >= 4 is 0 Å². The quantitative estimate of drug-likeness (QED) is 0.815. The topological polar surface area (TPSA) is 39.1 Å². The molecule has 16 heavy (non-hydrogen) atoms. The molecule has 2 atom stereocenters. The molecule has 0 bridgehead atoms. The van der Waals surface area contributed by atoms with E-state index in [1.54, 1.807) is 0 Å². The SMILES string of the molecule is Cn1ncc2c1CCCC2NC1CCOC1. The second-order valence-electron chi connectivity index (χ2n) is 4.84. The number of rotatable bonds is 2. The van der Waals surface area contributed by atoms with Gasteiger partial charge in [0.05, 0.1) is 12.8 Å². The van der Waals surface area contributed by atoms with Crippen molar-refractivity contribution in [2.24, 2.45) is 7.05 Å². The fraction of sp³-hybridized carbons (Fsp3) is 0.750. The highest BCUT2D eigenvalue weighted by atomic mass is 16.5. The van der Waals surface area contributed by atoms with E-state index in [0.717, 1.165) is 19.6 Å². The molecule has 4 nitrogen and oxygen atoms in total. The molecular weight excluding hydrogens is 202 g/mol. The Morgan fingerprint density at radius 3 is 3.25 bits per heavy atom. The summed E-state index contributed by atoms with van der Waals surface area (Å²) >= 11 is 0. The number of fused-ring (bicyclic) bond motifs is 1. The molecule has 2 aliphatic rings. The lowest BCUT2D eigenvalue weighted by Crippen LogP contribution is -2.34. The van der Waals surface area contributed by atoms with E-state index in [0.29, 0.717) is 12.1 Å². The second-order valence-corrected chi connectivity index (χ2v) is 4.84. The van der Waals surface area contributed by atoms with Gasteiger partial charge >= 0.3 is 0 Å². The van der Waals surface area contributed by atoms with E-state index in [2.05, 4.69) is 10.4 Å². The standard InChI is InChI=1S/C12H19N3O/c1-15-12-4-2-3-11(10(12)7-13-15)14-9-5-6-16-8-9/h7,9,11,14H,2-6,8H2,1H3. The molecule has 0 saturated carbocycles. The van der Waals surface area contributed by atoms with Gasteiger partial charge in [-0.15, -0.1) is 0 Å². The van der Waals surface area contributed by atoms with Gasteiger partial charge < -0.3 is 10.1 Å². The molecule has 0 aromatic carbocycles. The summed E-state index contributed by atoms with van der Waals surface area (Å²) in [7, 11) is 2.04. The summed E-state index contributed by atoms with van der Waals surface area (Å²) in [4.78, 5) is 0. The molecule has 1 saturated heterocycles. The molecular formula is C12H19N3O. The smallest absolute Gasteiger partial charge is 0.0620 e. The summed E-state index contributed by atoms with van der Waals surface area (Å²) in [5, 5.41) is 8.08. The Morgan fingerprint density at radius 2 is 2.44 bits per heavy atom. The van der Waals surface area contributed by atoms with E-state index >= 15 is 0 Å². The average molecular weight is 221 g/mol. The summed E-state index contributed by atoms with van der Waals surface area (Å²) in [5.74, 6) is 0.